The van der Waals surface area contributed by atoms with Gasteiger partial charge in [-0.2, -0.15) is 0 Å². The highest BCUT2D eigenvalue weighted by atomic mass is 32.2. The van der Waals surface area contributed by atoms with Gasteiger partial charge in [0.2, 0.25) is 5.91 Å². The van der Waals surface area contributed by atoms with E-state index in [-0.39, 0.29) is 5.91 Å². The number of para-hydroxylation sites is 1. The Morgan fingerprint density at radius 2 is 2.04 bits per heavy atom. The maximum Gasteiger partial charge on any atom is 0.237 e. The number of allylic oxidation sites excluding steroid dienone is 2. The minimum Gasteiger partial charge on any atom is -0.313 e. The Morgan fingerprint density at radius 1 is 1.22 bits per heavy atom. The molecule has 1 saturated carbocycles. The summed E-state index contributed by atoms with van der Waals surface area (Å²) in [7, 11) is 0. The highest BCUT2D eigenvalue weighted by Crippen LogP contribution is 2.35. The average molecular weight is 383 g/mol. The summed E-state index contributed by atoms with van der Waals surface area (Å²) >= 11 is 1.49. The molecule has 1 heterocycles. The largest absolute Gasteiger partial charge is 0.313 e. The van der Waals surface area contributed by atoms with Crippen LogP contribution < -0.4 is 0 Å². The Hall–Kier alpha value is -2.08. The Labute approximate surface area is 164 Å². The van der Waals surface area contributed by atoms with Gasteiger partial charge in [-0.25, -0.2) is 0 Å². The van der Waals surface area contributed by atoms with Crippen molar-refractivity contribution in [3.8, 4) is 5.69 Å². The third-order valence-electron chi connectivity index (χ3n) is 5.23. The number of thioether (sulfide) groups is 1. The molecule has 0 atom stereocenters. The first-order chi connectivity index (χ1) is 13.1. The van der Waals surface area contributed by atoms with Gasteiger partial charge in [-0.1, -0.05) is 36.0 Å². The van der Waals surface area contributed by atoms with Crippen LogP contribution in [0, 0.1) is 13.8 Å². The van der Waals surface area contributed by atoms with Gasteiger partial charge >= 0.3 is 0 Å². The van der Waals surface area contributed by atoms with Gasteiger partial charge < -0.3 is 4.90 Å². The first-order valence-electron chi connectivity index (χ1n) is 9.77. The quantitative estimate of drug-likeness (QED) is 0.694. The molecule has 0 unspecified atom stereocenters. The molecule has 2 aromatic rings. The summed E-state index contributed by atoms with van der Waals surface area (Å²) in [6.45, 7) is 4.04. The van der Waals surface area contributed by atoms with Crippen molar-refractivity contribution in [2.75, 3.05) is 5.75 Å². The fourth-order valence-corrected chi connectivity index (χ4v) is 4.54. The highest BCUT2D eigenvalue weighted by molar-refractivity contribution is 7.99. The fraction of sp³-hybridized carbons (Fsp3) is 0.476. The molecule has 142 valence electrons. The second-order valence-corrected chi connectivity index (χ2v) is 8.32. The molecule has 0 N–H and O–H groups in total. The summed E-state index contributed by atoms with van der Waals surface area (Å²) in [5, 5.41) is 9.36. The molecular weight excluding hydrogens is 356 g/mol. The normalized spacial score (nSPS) is 16.9. The van der Waals surface area contributed by atoms with Crippen molar-refractivity contribution in [1.82, 2.24) is 19.7 Å². The van der Waals surface area contributed by atoms with E-state index in [2.05, 4.69) is 44.8 Å². The fourth-order valence-electron chi connectivity index (χ4n) is 3.69. The molecule has 1 aromatic carbocycles. The van der Waals surface area contributed by atoms with Crippen LogP contribution in [0.4, 0.5) is 0 Å². The van der Waals surface area contributed by atoms with E-state index < -0.39 is 0 Å². The van der Waals surface area contributed by atoms with Crippen molar-refractivity contribution in [3.63, 3.8) is 0 Å². The second kappa shape index (κ2) is 7.89. The molecule has 1 fully saturated rings. The number of aryl methyl sites for hydroxylation is 2. The standard InChI is InChI=1S/C21H26N4OS/c1-15-8-6-7-11-19(15)24-16(2)22-23-21(24)27-14-20(26)25(18-12-13-18)17-9-4-3-5-10-17/h6-9,11,18H,3-5,10,12-14H2,1-2H3. The molecular formula is C21H26N4OS. The van der Waals surface area contributed by atoms with Gasteiger partial charge in [0, 0.05) is 11.7 Å². The van der Waals surface area contributed by atoms with Gasteiger partial charge in [0.15, 0.2) is 5.16 Å². The predicted molar refractivity (Wildman–Crippen MR) is 108 cm³/mol. The first kappa shape index (κ1) is 18.3. The summed E-state index contributed by atoms with van der Waals surface area (Å²) in [5.41, 5.74) is 3.48. The van der Waals surface area contributed by atoms with E-state index >= 15 is 0 Å². The summed E-state index contributed by atoms with van der Waals surface area (Å²) in [6.07, 6.45) is 9.09. The average Bonchev–Trinajstić information content (AvgIpc) is 3.44. The van der Waals surface area contributed by atoms with E-state index in [1.54, 1.807) is 0 Å². The van der Waals surface area contributed by atoms with Gasteiger partial charge in [-0.05, 0) is 64.0 Å². The zero-order valence-electron chi connectivity index (χ0n) is 16.0. The van der Waals surface area contributed by atoms with Crippen LogP contribution in [-0.2, 0) is 4.79 Å². The van der Waals surface area contributed by atoms with Crippen LogP contribution in [0.2, 0.25) is 0 Å². The van der Waals surface area contributed by atoms with E-state index in [1.807, 2.05) is 19.1 Å². The van der Waals surface area contributed by atoms with Crippen LogP contribution in [0.15, 0.2) is 41.2 Å². The Balaban J connectivity index is 1.51. The van der Waals surface area contributed by atoms with Crippen LogP contribution in [0.3, 0.4) is 0 Å². The number of hydrogen-bond donors (Lipinski definition) is 0. The van der Waals surface area contributed by atoms with Gasteiger partial charge in [0.25, 0.3) is 0 Å². The Bertz CT molecular complexity index is 869. The number of benzene rings is 1. The lowest BCUT2D eigenvalue weighted by molar-refractivity contribution is -0.127. The monoisotopic (exact) mass is 382 g/mol. The van der Waals surface area contributed by atoms with E-state index in [4.69, 9.17) is 0 Å². The van der Waals surface area contributed by atoms with Gasteiger partial charge in [-0.15, -0.1) is 10.2 Å². The first-order valence-corrected chi connectivity index (χ1v) is 10.8. The molecule has 0 radical (unpaired) electrons. The zero-order chi connectivity index (χ0) is 18.8. The minimum absolute atomic E-state index is 0.202. The summed E-state index contributed by atoms with van der Waals surface area (Å²) in [6, 6.07) is 8.62. The number of hydrogen-bond acceptors (Lipinski definition) is 4. The Kier molecular flexibility index (Phi) is 5.34. The van der Waals surface area contributed by atoms with Crippen LogP contribution in [0.25, 0.3) is 5.69 Å². The number of aromatic nitrogens is 3. The second-order valence-electron chi connectivity index (χ2n) is 7.38. The third kappa shape index (κ3) is 3.95. The molecule has 0 spiro atoms. The molecule has 1 amide bonds. The lowest BCUT2D eigenvalue weighted by atomic mass is 10.0. The third-order valence-corrected chi connectivity index (χ3v) is 6.15. The molecule has 0 bridgehead atoms. The maximum absolute atomic E-state index is 13.0. The van der Waals surface area contributed by atoms with Gasteiger partial charge in [-0.3, -0.25) is 9.36 Å². The molecule has 2 aliphatic carbocycles. The van der Waals surface area contributed by atoms with Crippen LogP contribution >= 0.6 is 11.8 Å². The van der Waals surface area contributed by atoms with Crippen molar-refractivity contribution in [1.29, 1.82) is 0 Å². The summed E-state index contributed by atoms with van der Waals surface area (Å²) in [4.78, 5) is 15.1. The molecule has 4 rings (SSSR count). The van der Waals surface area contributed by atoms with E-state index in [9.17, 15) is 4.79 Å². The SMILES string of the molecule is Cc1ccccc1-n1c(C)nnc1SCC(=O)N(C1=CCCCC1)C1CC1. The molecule has 6 heteroatoms. The molecule has 27 heavy (non-hydrogen) atoms. The smallest absolute Gasteiger partial charge is 0.237 e. The van der Waals surface area contributed by atoms with Crippen LogP contribution in [0.5, 0.6) is 0 Å². The number of carbonyl (C=O) groups is 1. The van der Waals surface area contributed by atoms with Crippen molar-refractivity contribution in [3.05, 3.63) is 47.4 Å². The van der Waals surface area contributed by atoms with E-state index in [1.165, 1.54) is 35.9 Å². The lowest BCUT2D eigenvalue weighted by Crippen LogP contribution is -2.34. The molecule has 0 aliphatic heterocycles. The molecule has 1 aromatic heterocycles. The lowest BCUT2D eigenvalue weighted by Gasteiger charge is -2.27. The van der Waals surface area contributed by atoms with Crippen LogP contribution in [0.1, 0.15) is 49.9 Å². The number of nitrogens with zero attached hydrogens (tertiary/aromatic N) is 4. The van der Waals surface area contributed by atoms with E-state index in [0.29, 0.717) is 11.8 Å². The molecule has 2 aliphatic rings. The highest BCUT2D eigenvalue weighted by Gasteiger charge is 2.35. The number of amides is 1. The summed E-state index contributed by atoms with van der Waals surface area (Å²) < 4.78 is 2.05. The summed E-state index contributed by atoms with van der Waals surface area (Å²) in [5.74, 6) is 1.44. The van der Waals surface area contributed by atoms with Gasteiger partial charge in [0.1, 0.15) is 5.82 Å². The molecule has 5 nitrogen and oxygen atoms in total. The Morgan fingerprint density at radius 3 is 2.74 bits per heavy atom. The van der Waals surface area contributed by atoms with Crippen molar-refractivity contribution in [2.45, 2.75) is 63.6 Å². The van der Waals surface area contributed by atoms with Crippen molar-refractivity contribution >= 4 is 17.7 Å². The number of rotatable bonds is 6. The van der Waals surface area contributed by atoms with E-state index in [0.717, 1.165) is 42.4 Å². The van der Waals surface area contributed by atoms with Crippen LogP contribution in [-0.4, -0.2) is 37.4 Å². The predicted octanol–water partition coefficient (Wildman–Crippen LogP) is 4.43. The minimum atomic E-state index is 0.202. The zero-order valence-corrected chi connectivity index (χ0v) is 16.8. The van der Waals surface area contributed by atoms with Crippen molar-refractivity contribution in [2.24, 2.45) is 0 Å². The number of carbonyl (C=O) groups excluding carboxylic acids is 1. The molecule has 0 saturated heterocycles. The maximum atomic E-state index is 13.0. The van der Waals surface area contributed by atoms with Crippen molar-refractivity contribution < 1.29 is 4.79 Å². The van der Waals surface area contributed by atoms with Gasteiger partial charge in [0.05, 0.1) is 11.4 Å². The topological polar surface area (TPSA) is 51.0 Å².